The molecule has 796 valence electrons. The van der Waals surface area contributed by atoms with E-state index in [9.17, 15) is 184 Å². The maximum atomic E-state index is 15.8. The summed E-state index contributed by atoms with van der Waals surface area (Å²) in [4.78, 5) is 0. The van der Waals surface area contributed by atoms with Crippen molar-refractivity contribution in [1.82, 2.24) is 58.1 Å². The largest absolute Gasteiger partial charge is 1.00 e. The minimum Gasteiger partial charge on any atom is -0.393 e. The second-order valence-corrected chi connectivity index (χ2v) is 28.6. The number of alkyl halides is 44. The summed E-state index contributed by atoms with van der Waals surface area (Å²) in [5, 5.41) is -9.68. The van der Waals surface area contributed by atoms with Gasteiger partial charge in [-0.15, -0.1) is 23.2 Å². The van der Waals surface area contributed by atoms with Crippen LogP contribution in [0.3, 0.4) is 0 Å². The molecule has 6 aromatic heterocycles. The fourth-order valence-electron chi connectivity index (χ4n) is 13.1. The number of rotatable bonds is 18. The second kappa shape index (κ2) is 36.5. The molecule has 145 heavy (non-hydrogen) atoms. The van der Waals surface area contributed by atoms with Gasteiger partial charge in [-0.05, 0) is 0 Å². The smallest absolute Gasteiger partial charge is 0.393 e. The first-order valence-electron chi connectivity index (χ1n) is 33.8. The van der Waals surface area contributed by atoms with Crippen LogP contribution in [0.15, 0.2) is 0 Å². The number of hydrogen-bond acceptors (Lipinski definition) is 6. The zero-order chi connectivity index (χ0) is 111. The van der Waals surface area contributed by atoms with Crippen LogP contribution in [0, 0.1) is 140 Å². The summed E-state index contributed by atoms with van der Waals surface area (Å²) >= 11 is 9.53. The van der Waals surface area contributed by atoms with Gasteiger partial charge in [-0.2, -0.15) is 184 Å². The van der Waals surface area contributed by atoms with Crippen LogP contribution in [-0.4, -0.2) is 205 Å². The van der Waals surface area contributed by atoms with Crippen molar-refractivity contribution >= 4 is 157 Å². The Morgan fingerprint density at radius 1 is 0.159 bits per heavy atom. The zero-order valence-corrected chi connectivity index (χ0v) is 74.8. The van der Waals surface area contributed by atoms with Crippen LogP contribution in [0.25, 0.3) is 65.4 Å². The minimum atomic E-state index is -7.97. The molecular formula is C61H4B2Cl2F66N12Tl2. The van der Waals surface area contributed by atoms with Crippen molar-refractivity contribution < 1.29 is 290 Å². The Morgan fingerprint density at radius 2 is 0.241 bits per heavy atom. The van der Waals surface area contributed by atoms with Crippen molar-refractivity contribution in [2.24, 2.45) is 0 Å². The van der Waals surface area contributed by atoms with Gasteiger partial charge in [0.25, 0.3) is 0 Å². The summed E-state index contributed by atoms with van der Waals surface area (Å²) in [6.07, 6.45) is -46.9. The molecule has 6 heterocycles. The van der Waals surface area contributed by atoms with Gasteiger partial charge in [0, 0.05) is 0 Å². The quantitative estimate of drug-likeness (QED) is 0.0278. The van der Waals surface area contributed by atoms with E-state index in [0.29, 0.717) is 0 Å². The first-order valence-corrected chi connectivity index (χ1v) is 34.9. The van der Waals surface area contributed by atoms with Crippen LogP contribution in [-0.2, 0) is 35.5 Å². The van der Waals surface area contributed by atoms with E-state index in [0.717, 1.165) is 0 Å². The van der Waals surface area contributed by atoms with Crippen LogP contribution in [0.2, 0.25) is 0 Å². The molecule has 0 unspecified atom stereocenters. The summed E-state index contributed by atoms with van der Waals surface area (Å²) in [7, 11) is -13.5. The number of fused-ring (bicyclic) bond motifs is 6. The van der Waals surface area contributed by atoms with Gasteiger partial charge in [0.1, 0.15) is 34.2 Å². The minimum absolute atomic E-state index is 0. The fourth-order valence-corrected chi connectivity index (χ4v) is 13.1. The van der Waals surface area contributed by atoms with Gasteiger partial charge in [0.05, 0.1) is 70.8 Å². The molecule has 0 atom stereocenters. The van der Waals surface area contributed by atoms with Crippen LogP contribution < -0.4 is 0 Å². The molecule has 0 saturated carbocycles. The fraction of sp³-hybridized carbons (Fsp3) is 0.311. The van der Waals surface area contributed by atoms with E-state index in [1.54, 1.807) is 0 Å². The third-order valence-corrected chi connectivity index (χ3v) is 19.6. The number of halogens is 68. The van der Waals surface area contributed by atoms with Gasteiger partial charge in [-0.3, -0.25) is 0 Å². The van der Waals surface area contributed by atoms with E-state index in [1.807, 2.05) is 30.6 Å². The van der Waals surface area contributed by atoms with E-state index in [2.05, 4.69) is 0 Å². The van der Waals surface area contributed by atoms with Gasteiger partial charge in [0.15, 0.2) is 140 Å². The predicted octanol–water partition coefficient (Wildman–Crippen LogP) is 24.5. The van der Waals surface area contributed by atoms with Crippen LogP contribution in [0.4, 0.5) is 290 Å². The molecule has 0 saturated heterocycles. The SMILES string of the molecule is ClCCl.Fc1c(F)c(F)c2c(c(C(F)(F)C(F)(F)C(F)(F)F)nn2[BH-](n2nc(C(F)(F)C(F)(F)C(F)(F)F)c3c(F)c(F)c(F)c(F)c32)n2nc(C(F)(F)C(F)(F)C(F)(F)F)c3c(F)c(F)c(F)c(F)c32)c1F.Fc1c(F)c(F)c2c(c(C(F)(F)C(F)(F)C(F)(F)F)nn2[BH-](n2nc(C(F)(F)C(F)(F)C(F)(F)F)c3c(F)c(F)c(F)c(F)c32)n2nc(C(F)(F)C(F)(F)C(F)(F)F)c3c(F)c(F)c(F)c(F)c32)c1F.[Tl+].[Tl+]. The molecule has 0 fully saturated rings. The van der Waals surface area contributed by atoms with E-state index >= 15 is 105 Å². The van der Waals surface area contributed by atoms with E-state index in [4.69, 9.17) is 23.2 Å². The average molecular weight is 2660 g/mol. The molecule has 0 aliphatic heterocycles. The Labute approximate surface area is 789 Å². The summed E-state index contributed by atoms with van der Waals surface area (Å²) in [6.45, 7) is 0. The molecule has 84 heteroatoms. The Kier molecular flexibility index (Phi) is 30.3. The van der Waals surface area contributed by atoms with Crippen molar-refractivity contribution in [2.75, 3.05) is 5.34 Å². The molecule has 12 rings (SSSR count). The first-order chi connectivity index (χ1) is 63.9. The zero-order valence-electron chi connectivity index (χ0n) is 64.3. The van der Waals surface area contributed by atoms with Crippen molar-refractivity contribution in [3.8, 4) is 0 Å². The van der Waals surface area contributed by atoms with Crippen molar-refractivity contribution in [2.45, 2.75) is 108 Å². The summed E-state index contributed by atoms with van der Waals surface area (Å²) in [5.74, 6) is -184. The molecule has 0 spiro atoms. The van der Waals surface area contributed by atoms with Crippen LogP contribution >= 0.6 is 23.2 Å². The maximum absolute atomic E-state index is 15.8. The van der Waals surface area contributed by atoms with Gasteiger partial charge < -0.3 is 27.6 Å². The molecular weight excluding hydrogens is 2660 g/mol. The molecule has 6 aromatic carbocycles. The van der Waals surface area contributed by atoms with Crippen molar-refractivity contribution in [3.63, 3.8) is 0 Å². The van der Waals surface area contributed by atoms with Gasteiger partial charge in [-0.25, -0.2) is 136 Å². The molecule has 12 aromatic rings. The maximum Gasteiger partial charge on any atom is 1.00 e. The monoisotopic (exact) mass is 2660 g/mol. The summed E-state index contributed by atoms with van der Waals surface area (Å²) < 4.78 is 952. The number of aromatic nitrogens is 12. The second-order valence-electron chi connectivity index (χ2n) is 27.8. The van der Waals surface area contributed by atoms with Gasteiger partial charge >= 0.3 is 177 Å². The van der Waals surface area contributed by atoms with E-state index in [1.165, 1.54) is 0 Å². The summed E-state index contributed by atoms with van der Waals surface area (Å²) in [5.41, 5.74) is -45.3. The molecule has 0 bridgehead atoms. The predicted molar refractivity (Wildman–Crippen MR) is 342 cm³/mol. The van der Waals surface area contributed by atoms with Crippen LogP contribution in [0.1, 0.15) is 34.2 Å². The molecule has 0 radical (unpaired) electrons. The van der Waals surface area contributed by atoms with Gasteiger partial charge in [-0.1, -0.05) is 0 Å². The third-order valence-electron chi connectivity index (χ3n) is 19.6. The van der Waals surface area contributed by atoms with Crippen molar-refractivity contribution in [1.29, 1.82) is 0 Å². The summed E-state index contributed by atoms with van der Waals surface area (Å²) in [6, 6.07) is 0. The topological polar surface area (TPSA) is 107 Å². The third kappa shape index (κ3) is 16.7. The number of benzene rings is 6. The Balaban J connectivity index is 0.000000340. The first kappa shape index (κ1) is 120. The Bertz CT molecular complexity index is 6140. The van der Waals surface area contributed by atoms with Crippen molar-refractivity contribution in [3.05, 3.63) is 174 Å². The number of hydrogen-bond donors (Lipinski definition) is 0. The normalized spacial score (nSPS) is 14.1. The van der Waals surface area contributed by atoms with Gasteiger partial charge in [0.2, 0.25) is 0 Å². The standard InChI is InChI=1S/2C30HBF33N6.CH2Cl2.2Tl/c2*32-4-1-16(13(41)10(38)7(4)35)68(65-19(1)22(44,45)25(50,51)28(56,57)58)31(69-17-2(5(33)8(36)11(39)14(17)42)20(66-69)23(46,47)26(52,53)29(59,60)61)70-18-3(6(34)9(37)12(40)15(18)43)21(67-70)24(48,49)27(54,55)30(62,63)64;2-1-3;;/h2*31H;1H2;;/q2*-1;;2*+1. The number of nitrogens with zero attached hydrogens (tertiary/aromatic N) is 12. The van der Waals surface area contributed by atoms with E-state index in [-0.39, 0.29) is 59.9 Å². The molecule has 0 amide bonds. The Hall–Kier alpha value is -9.93. The molecule has 0 N–H and O–H groups in total. The molecule has 0 aliphatic rings. The van der Waals surface area contributed by atoms with Crippen LogP contribution in [0.5, 0.6) is 0 Å². The molecule has 12 nitrogen and oxygen atoms in total. The van der Waals surface area contributed by atoms with E-state index < -0.39 is 389 Å². The Morgan fingerprint density at radius 3 is 0.324 bits per heavy atom. The average Bonchev–Trinajstić information content (AvgIpc) is 1.52. The molecule has 0 aliphatic carbocycles.